The lowest BCUT2D eigenvalue weighted by Gasteiger charge is -2.30. The summed E-state index contributed by atoms with van der Waals surface area (Å²) in [5, 5.41) is 12.9. The van der Waals surface area contributed by atoms with E-state index in [4.69, 9.17) is 0 Å². The number of thioether (sulfide) groups is 1. The van der Waals surface area contributed by atoms with Gasteiger partial charge in [-0.2, -0.15) is 11.8 Å². The molecule has 0 fully saturated rings. The SMILES string of the molecule is CC(C)NC(C)(CO)CSCc1ccccc1. The Labute approximate surface area is 109 Å². The molecule has 1 aromatic rings. The lowest BCUT2D eigenvalue weighted by Crippen LogP contribution is -2.51. The summed E-state index contributed by atoms with van der Waals surface area (Å²) in [4.78, 5) is 0. The first-order valence-corrected chi connectivity index (χ1v) is 7.21. The van der Waals surface area contributed by atoms with Crippen molar-refractivity contribution in [3.05, 3.63) is 35.9 Å². The van der Waals surface area contributed by atoms with Crippen molar-refractivity contribution >= 4 is 11.8 Å². The second-order valence-corrected chi connectivity index (χ2v) is 5.98. The zero-order valence-electron chi connectivity index (χ0n) is 10.9. The summed E-state index contributed by atoms with van der Waals surface area (Å²) in [6, 6.07) is 10.8. The average Bonchev–Trinajstić information content (AvgIpc) is 2.29. The Bertz CT molecular complexity index is 315. The number of nitrogens with one attached hydrogen (secondary N) is 1. The van der Waals surface area contributed by atoms with Crippen molar-refractivity contribution in [1.82, 2.24) is 5.32 Å². The molecular formula is C14H23NOS. The van der Waals surface area contributed by atoms with E-state index in [1.165, 1.54) is 5.56 Å². The molecule has 2 N–H and O–H groups in total. The quantitative estimate of drug-likeness (QED) is 0.783. The minimum Gasteiger partial charge on any atom is -0.394 e. The fourth-order valence-electron chi connectivity index (χ4n) is 1.80. The van der Waals surface area contributed by atoms with Crippen molar-refractivity contribution in [2.24, 2.45) is 0 Å². The maximum absolute atomic E-state index is 9.46. The van der Waals surface area contributed by atoms with Gasteiger partial charge in [-0.3, -0.25) is 0 Å². The van der Waals surface area contributed by atoms with E-state index in [9.17, 15) is 5.11 Å². The average molecular weight is 253 g/mol. The van der Waals surface area contributed by atoms with Gasteiger partial charge in [0.15, 0.2) is 0 Å². The van der Waals surface area contributed by atoms with Crippen molar-refractivity contribution in [3.8, 4) is 0 Å². The predicted octanol–water partition coefficient (Wildman–Crippen LogP) is 2.67. The highest BCUT2D eigenvalue weighted by atomic mass is 32.2. The van der Waals surface area contributed by atoms with E-state index in [0.717, 1.165) is 11.5 Å². The third kappa shape index (κ3) is 5.57. The minimum atomic E-state index is -0.187. The topological polar surface area (TPSA) is 32.3 Å². The fourth-order valence-corrected chi connectivity index (χ4v) is 2.95. The first-order valence-electron chi connectivity index (χ1n) is 6.06. The molecule has 1 rings (SSSR count). The highest BCUT2D eigenvalue weighted by Crippen LogP contribution is 2.18. The van der Waals surface area contributed by atoms with Gasteiger partial charge in [-0.25, -0.2) is 0 Å². The van der Waals surface area contributed by atoms with Crippen LogP contribution in [0.5, 0.6) is 0 Å². The summed E-state index contributed by atoms with van der Waals surface area (Å²) in [5.74, 6) is 1.91. The van der Waals surface area contributed by atoms with Gasteiger partial charge in [0.2, 0.25) is 0 Å². The Morgan fingerprint density at radius 3 is 2.47 bits per heavy atom. The summed E-state index contributed by atoms with van der Waals surface area (Å²) in [7, 11) is 0. The minimum absolute atomic E-state index is 0.174. The van der Waals surface area contributed by atoms with Gasteiger partial charge in [0.25, 0.3) is 0 Å². The molecule has 0 aliphatic carbocycles. The molecule has 0 aliphatic heterocycles. The predicted molar refractivity (Wildman–Crippen MR) is 76.4 cm³/mol. The molecule has 0 saturated heterocycles. The van der Waals surface area contributed by atoms with E-state index in [0.29, 0.717) is 6.04 Å². The lowest BCUT2D eigenvalue weighted by atomic mass is 10.1. The van der Waals surface area contributed by atoms with Gasteiger partial charge >= 0.3 is 0 Å². The molecular weight excluding hydrogens is 230 g/mol. The first-order chi connectivity index (χ1) is 8.06. The summed E-state index contributed by atoms with van der Waals surface area (Å²) in [5.41, 5.74) is 1.15. The molecule has 1 atom stereocenters. The van der Waals surface area contributed by atoms with E-state index < -0.39 is 0 Å². The van der Waals surface area contributed by atoms with Crippen LogP contribution in [0.15, 0.2) is 30.3 Å². The smallest absolute Gasteiger partial charge is 0.0618 e. The van der Waals surface area contributed by atoms with Crippen LogP contribution in [0.3, 0.4) is 0 Å². The van der Waals surface area contributed by atoms with Gasteiger partial charge in [-0.05, 0) is 12.5 Å². The van der Waals surface area contributed by atoms with Crippen LogP contribution in [0.4, 0.5) is 0 Å². The molecule has 17 heavy (non-hydrogen) atoms. The third-order valence-electron chi connectivity index (χ3n) is 2.52. The number of rotatable bonds is 7. The van der Waals surface area contributed by atoms with E-state index >= 15 is 0 Å². The van der Waals surface area contributed by atoms with Crippen LogP contribution in [0.25, 0.3) is 0 Å². The van der Waals surface area contributed by atoms with Crippen LogP contribution in [0, 0.1) is 0 Å². The van der Waals surface area contributed by atoms with E-state index in [2.05, 4.69) is 50.4 Å². The second-order valence-electron chi connectivity index (χ2n) is 5.00. The molecule has 0 aliphatic rings. The van der Waals surface area contributed by atoms with Crippen molar-refractivity contribution in [3.63, 3.8) is 0 Å². The second kappa shape index (κ2) is 7.04. The lowest BCUT2D eigenvalue weighted by molar-refractivity contribution is 0.183. The standard InChI is InChI=1S/C14H23NOS/c1-12(2)15-14(3,10-16)11-17-9-13-7-5-4-6-8-13/h4-8,12,15-16H,9-11H2,1-3H3. The summed E-state index contributed by atoms with van der Waals surface area (Å²) >= 11 is 1.86. The Morgan fingerprint density at radius 2 is 1.94 bits per heavy atom. The molecule has 0 bridgehead atoms. The highest BCUT2D eigenvalue weighted by molar-refractivity contribution is 7.98. The number of benzene rings is 1. The molecule has 96 valence electrons. The number of aliphatic hydroxyl groups excluding tert-OH is 1. The Morgan fingerprint density at radius 1 is 1.29 bits per heavy atom. The molecule has 1 unspecified atom stereocenters. The number of hydrogen-bond donors (Lipinski definition) is 2. The maximum Gasteiger partial charge on any atom is 0.0618 e. The molecule has 0 spiro atoms. The summed E-state index contributed by atoms with van der Waals surface area (Å²) < 4.78 is 0. The van der Waals surface area contributed by atoms with Gasteiger partial charge in [-0.15, -0.1) is 0 Å². The highest BCUT2D eigenvalue weighted by Gasteiger charge is 2.23. The summed E-state index contributed by atoms with van der Waals surface area (Å²) in [6.07, 6.45) is 0. The molecule has 0 heterocycles. The zero-order chi connectivity index (χ0) is 12.7. The van der Waals surface area contributed by atoms with Crippen LogP contribution >= 0.6 is 11.8 Å². The Balaban J connectivity index is 2.38. The van der Waals surface area contributed by atoms with Crippen LogP contribution in [-0.4, -0.2) is 29.0 Å². The van der Waals surface area contributed by atoms with Crippen LogP contribution in [0.1, 0.15) is 26.3 Å². The van der Waals surface area contributed by atoms with Gasteiger partial charge in [-0.1, -0.05) is 44.2 Å². The monoisotopic (exact) mass is 253 g/mol. The normalized spacial score (nSPS) is 14.9. The van der Waals surface area contributed by atoms with Crippen LogP contribution < -0.4 is 5.32 Å². The molecule has 3 heteroatoms. The van der Waals surface area contributed by atoms with Gasteiger partial charge in [0.1, 0.15) is 0 Å². The number of aliphatic hydroxyl groups is 1. The van der Waals surface area contributed by atoms with E-state index in [1.54, 1.807) is 0 Å². The van der Waals surface area contributed by atoms with Crippen LogP contribution in [0.2, 0.25) is 0 Å². The Hall–Kier alpha value is -0.510. The third-order valence-corrected chi connectivity index (χ3v) is 3.90. The van der Waals surface area contributed by atoms with Gasteiger partial charge < -0.3 is 10.4 Å². The summed E-state index contributed by atoms with van der Waals surface area (Å²) in [6.45, 7) is 6.46. The zero-order valence-corrected chi connectivity index (χ0v) is 11.8. The Kier molecular flexibility index (Phi) is 6.03. The maximum atomic E-state index is 9.46. The van der Waals surface area contributed by atoms with Crippen molar-refractivity contribution in [1.29, 1.82) is 0 Å². The van der Waals surface area contributed by atoms with Gasteiger partial charge in [0, 0.05) is 23.1 Å². The largest absolute Gasteiger partial charge is 0.394 e. The van der Waals surface area contributed by atoms with Crippen LogP contribution in [-0.2, 0) is 5.75 Å². The molecule has 2 nitrogen and oxygen atoms in total. The van der Waals surface area contributed by atoms with Gasteiger partial charge in [0.05, 0.1) is 6.61 Å². The van der Waals surface area contributed by atoms with Crippen molar-refractivity contribution in [2.75, 3.05) is 12.4 Å². The number of hydrogen-bond acceptors (Lipinski definition) is 3. The van der Waals surface area contributed by atoms with E-state index in [-0.39, 0.29) is 12.1 Å². The fraction of sp³-hybridized carbons (Fsp3) is 0.571. The van der Waals surface area contributed by atoms with Crippen molar-refractivity contribution in [2.45, 2.75) is 38.1 Å². The van der Waals surface area contributed by atoms with E-state index in [1.807, 2.05) is 17.8 Å². The molecule has 0 saturated carbocycles. The first kappa shape index (κ1) is 14.6. The van der Waals surface area contributed by atoms with Crippen molar-refractivity contribution < 1.29 is 5.11 Å². The molecule has 0 radical (unpaired) electrons. The molecule has 0 aromatic heterocycles. The molecule has 1 aromatic carbocycles. The molecule has 0 amide bonds.